The van der Waals surface area contributed by atoms with Crippen LogP contribution >= 0.6 is 0 Å². The highest BCUT2D eigenvalue weighted by Gasteiger charge is 2.43. The molecule has 2 atom stereocenters. The summed E-state index contributed by atoms with van der Waals surface area (Å²) >= 11 is 0. The molecule has 1 aliphatic heterocycles. The second-order valence-electron chi connectivity index (χ2n) is 6.36. The normalized spacial score (nSPS) is 21.0. The van der Waals surface area contributed by atoms with Crippen LogP contribution in [0.4, 0.5) is 13.2 Å². The highest BCUT2D eigenvalue weighted by Crippen LogP contribution is 2.36. The minimum atomic E-state index is -4.15. The standard InChI is InChI=1S/C17H20F3N3O/c1-11-5-7-13(8-6-11)16-22-21-15(24-16)12(2)23-9-3-4-14(10-23)17(18,19)20/h5-8,12,14H,3-4,9-10H2,1-2H3/t12-,14+/m0/s1. The summed E-state index contributed by atoms with van der Waals surface area (Å²) in [5.74, 6) is -0.539. The summed E-state index contributed by atoms with van der Waals surface area (Å²) in [6.07, 6.45) is -3.45. The van der Waals surface area contributed by atoms with E-state index in [4.69, 9.17) is 4.42 Å². The zero-order valence-electron chi connectivity index (χ0n) is 13.7. The van der Waals surface area contributed by atoms with Crippen LogP contribution in [0.2, 0.25) is 0 Å². The van der Waals surface area contributed by atoms with Crippen LogP contribution in [-0.4, -0.2) is 34.4 Å². The molecule has 3 rings (SSSR count). The molecule has 1 aromatic carbocycles. The van der Waals surface area contributed by atoms with Gasteiger partial charge in [-0.3, -0.25) is 4.90 Å². The number of benzene rings is 1. The lowest BCUT2D eigenvalue weighted by Crippen LogP contribution is -2.42. The Labute approximate surface area is 138 Å². The van der Waals surface area contributed by atoms with Crippen LogP contribution in [0.15, 0.2) is 28.7 Å². The van der Waals surface area contributed by atoms with Gasteiger partial charge in [0.25, 0.3) is 0 Å². The molecule has 130 valence electrons. The van der Waals surface area contributed by atoms with Crippen molar-refractivity contribution in [3.05, 3.63) is 35.7 Å². The van der Waals surface area contributed by atoms with Crippen LogP contribution < -0.4 is 0 Å². The summed E-state index contributed by atoms with van der Waals surface area (Å²) in [5.41, 5.74) is 1.93. The van der Waals surface area contributed by atoms with Crippen LogP contribution in [0, 0.1) is 12.8 Å². The molecule has 2 aromatic rings. The number of alkyl halides is 3. The molecule has 0 unspecified atom stereocenters. The fourth-order valence-corrected chi connectivity index (χ4v) is 3.00. The van der Waals surface area contributed by atoms with Gasteiger partial charge < -0.3 is 4.42 Å². The summed E-state index contributed by atoms with van der Waals surface area (Å²) < 4.78 is 44.6. The summed E-state index contributed by atoms with van der Waals surface area (Å²) in [4.78, 5) is 1.77. The third-order valence-electron chi connectivity index (χ3n) is 4.56. The van der Waals surface area contributed by atoms with Crippen molar-refractivity contribution in [2.45, 2.75) is 38.9 Å². The van der Waals surface area contributed by atoms with Crippen LogP contribution in [0.25, 0.3) is 11.5 Å². The zero-order valence-corrected chi connectivity index (χ0v) is 13.7. The van der Waals surface area contributed by atoms with Gasteiger partial charge in [-0.2, -0.15) is 13.2 Å². The van der Waals surface area contributed by atoms with Crippen molar-refractivity contribution in [1.29, 1.82) is 0 Å². The van der Waals surface area contributed by atoms with E-state index in [0.717, 1.165) is 11.1 Å². The van der Waals surface area contributed by atoms with E-state index in [1.807, 2.05) is 38.1 Å². The van der Waals surface area contributed by atoms with E-state index < -0.39 is 12.1 Å². The zero-order chi connectivity index (χ0) is 17.3. The number of halogens is 3. The van der Waals surface area contributed by atoms with Gasteiger partial charge in [0.1, 0.15) is 0 Å². The molecule has 0 amide bonds. The first-order valence-corrected chi connectivity index (χ1v) is 8.06. The van der Waals surface area contributed by atoms with E-state index in [2.05, 4.69) is 10.2 Å². The second-order valence-corrected chi connectivity index (χ2v) is 6.36. The first-order chi connectivity index (χ1) is 11.3. The Morgan fingerprint density at radius 1 is 1.21 bits per heavy atom. The first kappa shape index (κ1) is 17.0. The van der Waals surface area contributed by atoms with Gasteiger partial charge in [-0.1, -0.05) is 17.7 Å². The topological polar surface area (TPSA) is 42.2 Å². The quantitative estimate of drug-likeness (QED) is 0.832. The number of hydrogen-bond acceptors (Lipinski definition) is 4. The van der Waals surface area contributed by atoms with Gasteiger partial charge >= 0.3 is 6.18 Å². The Bertz CT molecular complexity index is 681. The molecule has 1 fully saturated rings. The van der Waals surface area contributed by atoms with E-state index >= 15 is 0 Å². The molecular formula is C17H20F3N3O. The number of hydrogen-bond donors (Lipinski definition) is 0. The second kappa shape index (κ2) is 6.55. The molecule has 24 heavy (non-hydrogen) atoms. The van der Waals surface area contributed by atoms with E-state index in [1.54, 1.807) is 4.90 Å². The summed E-state index contributed by atoms with van der Waals surface area (Å²) in [6.45, 7) is 4.38. The maximum absolute atomic E-state index is 13.0. The van der Waals surface area contributed by atoms with Crippen LogP contribution in [-0.2, 0) is 0 Å². The van der Waals surface area contributed by atoms with Crippen molar-refractivity contribution in [3.63, 3.8) is 0 Å². The Morgan fingerprint density at radius 3 is 2.58 bits per heavy atom. The summed E-state index contributed by atoms with van der Waals surface area (Å²) in [6, 6.07) is 7.33. The maximum Gasteiger partial charge on any atom is 0.393 e. The molecule has 7 heteroatoms. The van der Waals surface area contributed by atoms with Crippen molar-refractivity contribution in [1.82, 2.24) is 15.1 Å². The molecule has 2 heterocycles. The SMILES string of the molecule is Cc1ccc(-c2nnc([C@H](C)N3CCC[C@@H](C(F)(F)F)C3)o2)cc1. The third-order valence-corrected chi connectivity index (χ3v) is 4.56. The summed E-state index contributed by atoms with van der Waals surface area (Å²) in [5, 5.41) is 8.07. The van der Waals surface area contributed by atoms with E-state index in [1.165, 1.54) is 0 Å². The monoisotopic (exact) mass is 339 g/mol. The van der Waals surface area contributed by atoms with Gasteiger partial charge in [0, 0.05) is 12.1 Å². The molecule has 0 N–H and O–H groups in total. The number of aromatic nitrogens is 2. The number of nitrogens with zero attached hydrogens (tertiary/aromatic N) is 3. The average molecular weight is 339 g/mol. The number of likely N-dealkylation sites (tertiary alicyclic amines) is 1. The molecule has 1 aromatic heterocycles. The molecule has 0 aliphatic carbocycles. The smallest absolute Gasteiger partial charge is 0.393 e. The summed E-state index contributed by atoms with van der Waals surface area (Å²) in [7, 11) is 0. The average Bonchev–Trinajstić information content (AvgIpc) is 3.04. The van der Waals surface area contributed by atoms with Gasteiger partial charge in [-0.05, 0) is 45.4 Å². The maximum atomic E-state index is 13.0. The molecular weight excluding hydrogens is 319 g/mol. The Kier molecular flexibility index (Phi) is 4.62. The van der Waals surface area contributed by atoms with E-state index in [0.29, 0.717) is 24.7 Å². The fraction of sp³-hybridized carbons (Fsp3) is 0.529. The molecule has 0 radical (unpaired) electrons. The lowest BCUT2D eigenvalue weighted by atomic mass is 9.96. The number of rotatable bonds is 3. The third kappa shape index (κ3) is 3.61. The van der Waals surface area contributed by atoms with Gasteiger partial charge in [-0.25, -0.2) is 0 Å². The fourth-order valence-electron chi connectivity index (χ4n) is 3.00. The molecule has 0 bridgehead atoms. The number of aryl methyl sites for hydroxylation is 1. The largest absolute Gasteiger partial charge is 0.419 e. The van der Waals surface area contributed by atoms with Crippen LogP contribution in [0.3, 0.4) is 0 Å². The van der Waals surface area contributed by atoms with Gasteiger partial charge in [-0.15, -0.1) is 10.2 Å². The van der Waals surface area contributed by atoms with E-state index in [9.17, 15) is 13.2 Å². The lowest BCUT2D eigenvalue weighted by molar-refractivity contribution is -0.188. The van der Waals surface area contributed by atoms with Gasteiger partial charge in [0.15, 0.2) is 0 Å². The van der Waals surface area contributed by atoms with Crippen molar-refractivity contribution in [2.24, 2.45) is 5.92 Å². The molecule has 0 saturated carbocycles. The predicted octanol–water partition coefficient (Wildman–Crippen LogP) is 4.38. The lowest BCUT2D eigenvalue weighted by Gasteiger charge is -2.36. The first-order valence-electron chi connectivity index (χ1n) is 8.06. The van der Waals surface area contributed by atoms with Crippen molar-refractivity contribution in [2.75, 3.05) is 13.1 Å². The van der Waals surface area contributed by atoms with Gasteiger partial charge in [0.2, 0.25) is 11.8 Å². The Balaban J connectivity index is 1.73. The molecule has 4 nitrogen and oxygen atoms in total. The Hall–Kier alpha value is -1.89. The molecule has 1 aliphatic rings. The highest BCUT2D eigenvalue weighted by molar-refractivity contribution is 5.52. The van der Waals surface area contributed by atoms with E-state index in [-0.39, 0.29) is 19.0 Å². The highest BCUT2D eigenvalue weighted by atomic mass is 19.4. The van der Waals surface area contributed by atoms with Crippen molar-refractivity contribution in [3.8, 4) is 11.5 Å². The van der Waals surface area contributed by atoms with Gasteiger partial charge in [0.05, 0.1) is 12.0 Å². The van der Waals surface area contributed by atoms with Crippen LogP contribution in [0.5, 0.6) is 0 Å². The Morgan fingerprint density at radius 2 is 1.92 bits per heavy atom. The minimum absolute atomic E-state index is 0.0209. The predicted molar refractivity (Wildman–Crippen MR) is 83.2 cm³/mol. The van der Waals surface area contributed by atoms with Crippen LogP contribution in [0.1, 0.15) is 37.3 Å². The number of piperidine rings is 1. The minimum Gasteiger partial charge on any atom is -0.419 e. The van der Waals surface area contributed by atoms with Crippen molar-refractivity contribution >= 4 is 0 Å². The van der Waals surface area contributed by atoms with Crippen molar-refractivity contribution < 1.29 is 17.6 Å². The molecule has 1 saturated heterocycles. The molecule has 0 spiro atoms.